The molecule has 0 amide bonds. The van der Waals surface area contributed by atoms with E-state index in [1.54, 1.807) is 43.5 Å². The van der Waals surface area contributed by atoms with Crippen LogP contribution in [0.15, 0.2) is 95.4 Å². The number of halogens is 1. The van der Waals surface area contributed by atoms with Crippen molar-refractivity contribution in [1.29, 1.82) is 0 Å². The smallest absolute Gasteiger partial charge is 0.231 e. The number of Topliss-reactive ketones (excluding diaryl/α,β-unsaturated/α-hetero) is 1. The van der Waals surface area contributed by atoms with Crippen LogP contribution in [0.3, 0.4) is 0 Å². The number of oxazole rings is 1. The van der Waals surface area contributed by atoms with Crippen LogP contribution in [0, 0.1) is 0 Å². The van der Waals surface area contributed by atoms with Gasteiger partial charge in [-0.25, -0.2) is 4.98 Å². The fourth-order valence-corrected chi connectivity index (χ4v) is 4.43. The Bertz CT molecular complexity index is 1640. The maximum atomic E-state index is 13.8. The number of methoxy groups -OCH3 is 1. The average molecular weight is 568 g/mol. The lowest BCUT2D eigenvalue weighted by Gasteiger charge is -2.12. The van der Waals surface area contributed by atoms with Gasteiger partial charge in [-0.1, -0.05) is 61.3 Å². The summed E-state index contributed by atoms with van der Waals surface area (Å²) in [6, 6.07) is 27.5. The molecule has 0 unspecified atom stereocenters. The molecular formula is C34H30ClNO5. The molecule has 0 aliphatic rings. The number of benzene rings is 4. The molecule has 7 heteroatoms. The summed E-state index contributed by atoms with van der Waals surface area (Å²) in [4.78, 5) is 18.4. The molecule has 0 atom stereocenters. The molecule has 0 N–H and O–H groups in total. The summed E-state index contributed by atoms with van der Waals surface area (Å²) in [7, 11) is 1.57. The van der Waals surface area contributed by atoms with Crippen LogP contribution in [0.1, 0.15) is 47.1 Å². The molecule has 0 saturated heterocycles. The van der Waals surface area contributed by atoms with Crippen molar-refractivity contribution in [2.24, 2.45) is 0 Å². The van der Waals surface area contributed by atoms with Gasteiger partial charge in [0.05, 0.1) is 19.3 Å². The average Bonchev–Trinajstić information content (AvgIpc) is 3.44. The standard InChI is InChI=1S/C34H30ClNO5/c1-3-4-19-39-26-16-14-24(15-17-26)33(37)27(34-36-29-11-7-8-12-30(29)41-34)20-23-13-18-31(32(21-23)38-2)40-22-25-9-5-6-10-28(25)35/h5-18,20-21H,3-4,19,22H2,1-2H3. The number of aromatic nitrogens is 1. The minimum absolute atomic E-state index is 0.227. The zero-order chi connectivity index (χ0) is 28.6. The molecule has 4 aromatic carbocycles. The summed E-state index contributed by atoms with van der Waals surface area (Å²) in [5.74, 6) is 1.80. The zero-order valence-electron chi connectivity index (χ0n) is 22.9. The Kier molecular flexibility index (Phi) is 9.02. The van der Waals surface area contributed by atoms with Crippen molar-refractivity contribution < 1.29 is 23.4 Å². The first kappa shape index (κ1) is 28.0. The Morgan fingerprint density at radius 3 is 2.46 bits per heavy atom. The van der Waals surface area contributed by atoms with Gasteiger partial charge in [-0.2, -0.15) is 0 Å². The Labute approximate surface area is 244 Å². The fourth-order valence-electron chi connectivity index (χ4n) is 4.24. The second-order valence-electron chi connectivity index (χ2n) is 9.39. The van der Waals surface area contributed by atoms with E-state index in [2.05, 4.69) is 11.9 Å². The number of carbonyl (C=O) groups excluding carboxylic acids is 1. The summed E-state index contributed by atoms with van der Waals surface area (Å²) in [6.07, 6.45) is 3.77. The zero-order valence-corrected chi connectivity index (χ0v) is 23.7. The van der Waals surface area contributed by atoms with Crippen molar-refractivity contribution >= 4 is 40.1 Å². The molecule has 0 radical (unpaired) electrons. The van der Waals surface area contributed by atoms with Gasteiger partial charge in [-0.3, -0.25) is 4.79 Å². The maximum absolute atomic E-state index is 13.8. The molecule has 0 aliphatic heterocycles. The largest absolute Gasteiger partial charge is 0.494 e. The highest BCUT2D eigenvalue weighted by atomic mass is 35.5. The number of fused-ring (bicyclic) bond motifs is 1. The predicted molar refractivity (Wildman–Crippen MR) is 162 cm³/mol. The Morgan fingerprint density at radius 1 is 0.927 bits per heavy atom. The van der Waals surface area contributed by atoms with Crippen LogP contribution in [0.25, 0.3) is 22.7 Å². The fraction of sp³-hybridized carbons (Fsp3) is 0.176. The van der Waals surface area contributed by atoms with E-state index in [9.17, 15) is 4.79 Å². The molecule has 1 heterocycles. The highest BCUT2D eigenvalue weighted by Gasteiger charge is 2.21. The van der Waals surface area contributed by atoms with E-state index in [4.69, 9.17) is 30.2 Å². The summed E-state index contributed by atoms with van der Waals surface area (Å²) in [6.45, 7) is 3.04. The third kappa shape index (κ3) is 6.79. The minimum Gasteiger partial charge on any atom is -0.494 e. The Balaban J connectivity index is 1.46. The van der Waals surface area contributed by atoms with Crippen molar-refractivity contribution in [3.05, 3.63) is 119 Å². The Morgan fingerprint density at radius 2 is 1.71 bits per heavy atom. The molecule has 0 saturated carbocycles. The van der Waals surface area contributed by atoms with Gasteiger partial charge in [0.2, 0.25) is 5.89 Å². The minimum atomic E-state index is -0.227. The van der Waals surface area contributed by atoms with Crippen LogP contribution >= 0.6 is 11.6 Å². The number of ether oxygens (including phenoxy) is 3. The SMILES string of the molecule is CCCCOc1ccc(C(=O)C(=Cc2ccc(OCc3ccccc3Cl)c(OC)c2)c2nc3ccccc3o2)cc1. The summed E-state index contributed by atoms with van der Waals surface area (Å²) in [5.41, 5.74) is 3.66. The van der Waals surface area contributed by atoms with Crippen LogP contribution in [0.4, 0.5) is 0 Å². The lowest BCUT2D eigenvalue weighted by molar-refractivity contribution is 0.105. The molecule has 208 valence electrons. The maximum Gasteiger partial charge on any atom is 0.231 e. The number of hydrogen-bond acceptors (Lipinski definition) is 6. The summed E-state index contributed by atoms with van der Waals surface area (Å²) >= 11 is 6.28. The van der Waals surface area contributed by atoms with Gasteiger partial charge in [-0.15, -0.1) is 0 Å². The molecule has 0 aliphatic carbocycles. The predicted octanol–water partition coefficient (Wildman–Crippen LogP) is 8.67. The number of para-hydroxylation sites is 2. The van der Waals surface area contributed by atoms with Crippen LogP contribution in [0.2, 0.25) is 5.02 Å². The molecule has 5 rings (SSSR count). The van der Waals surface area contributed by atoms with Crippen molar-refractivity contribution in [3.63, 3.8) is 0 Å². The molecule has 6 nitrogen and oxygen atoms in total. The van der Waals surface area contributed by atoms with Crippen molar-refractivity contribution in [1.82, 2.24) is 4.98 Å². The summed E-state index contributed by atoms with van der Waals surface area (Å²) < 4.78 is 23.4. The molecule has 0 bridgehead atoms. The van der Waals surface area contributed by atoms with Gasteiger partial charge >= 0.3 is 0 Å². The van der Waals surface area contributed by atoms with Gasteiger partial charge in [-0.05, 0) is 72.7 Å². The number of allylic oxidation sites excluding steroid dienone is 1. The molecular weight excluding hydrogens is 538 g/mol. The van der Waals surface area contributed by atoms with Gasteiger partial charge in [0.15, 0.2) is 22.9 Å². The van der Waals surface area contributed by atoms with Gasteiger partial charge in [0.1, 0.15) is 17.9 Å². The van der Waals surface area contributed by atoms with Gasteiger partial charge in [0.25, 0.3) is 0 Å². The van der Waals surface area contributed by atoms with Crippen LogP contribution in [0.5, 0.6) is 17.2 Å². The molecule has 41 heavy (non-hydrogen) atoms. The normalized spacial score (nSPS) is 11.4. The summed E-state index contributed by atoms with van der Waals surface area (Å²) in [5, 5.41) is 0.632. The molecule has 1 aromatic heterocycles. The third-order valence-corrected chi connectivity index (χ3v) is 6.86. The Hall–Kier alpha value is -4.55. The van der Waals surface area contributed by atoms with E-state index < -0.39 is 0 Å². The monoisotopic (exact) mass is 567 g/mol. The van der Waals surface area contributed by atoms with E-state index in [1.807, 2.05) is 60.7 Å². The first-order chi connectivity index (χ1) is 20.1. The first-order valence-electron chi connectivity index (χ1n) is 13.4. The third-order valence-electron chi connectivity index (χ3n) is 6.49. The van der Waals surface area contributed by atoms with E-state index in [1.165, 1.54) is 0 Å². The van der Waals surface area contributed by atoms with Crippen molar-refractivity contribution in [2.75, 3.05) is 13.7 Å². The molecule has 0 fully saturated rings. The first-order valence-corrected chi connectivity index (χ1v) is 13.8. The van der Waals surface area contributed by atoms with Crippen LogP contribution < -0.4 is 14.2 Å². The van der Waals surface area contributed by atoms with E-state index >= 15 is 0 Å². The van der Waals surface area contributed by atoms with E-state index in [0.717, 1.165) is 29.7 Å². The number of ketones is 1. The highest BCUT2D eigenvalue weighted by molar-refractivity contribution is 6.32. The number of carbonyl (C=O) groups is 1. The van der Waals surface area contributed by atoms with Crippen LogP contribution in [-0.2, 0) is 6.61 Å². The lowest BCUT2D eigenvalue weighted by Crippen LogP contribution is -2.04. The van der Waals surface area contributed by atoms with Gasteiger partial charge in [0, 0.05) is 16.1 Å². The topological polar surface area (TPSA) is 70.8 Å². The van der Waals surface area contributed by atoms with E-state index in [0.29, 0.717) is 45.4 Å². The highest BCUT2D eigenvalue weighted by Crippen LogP contribution is 2.32. The molecule has 5 aromatic rings. The number of unbranched alkanes of at least 4 members (excludes halogenated alkanes) is 1. The second-order valence-corrected chi connectivity index (χ2v) is 9.80. The van der Waals surface area contributed by atoms with E-state index in [-0.39, 0.29) is 18.3 Å². The lowest BCUT2D eigenvalue weighted by atomic mass is 10.0. The number of nitrogens with zero attached hydrogens (tertiary/aromatic N) is 1. The van der Waals surface area contributed by atoms with Gasteiger partial charge < -0.3 is 18.6 Å². The van der Waals surface area contributed by atoms with Crippen LogP contribution in [-0.4, -0.2) is 24.5 Å². The number of hydrogen-bond donors (Lipinski definition) is 0. The van der Waals surface area contributed by atoms with Crippen molar-refractivity contribution in [2.45, 2.75) is 26.4 Å². The molecule has 0 spiro atoms. The number of rotatable bonds is 12. The second kappa shape index (κ2) is 13.2. The quantitative estimate of drug-likeness (QED) is 0.0853. The van der Waals surface area contributed by atoms with Crippen molar-refractivity contribution in [3.8, 4) is 17.2 Å².